The Kier molecular flexibility index (Phi) is 7.41. The molecule has 2 aromatic carbocycles. The van der Waals surface area contributed by atoms with Gasteiger partial charge in [0.15, 0.2) is 17.6 Å². The molecule has 1 amide bonds. The van der Waals surface area contributed by atoms with Crippen LogP contribution < -0.4 is 14.9 Å². The number of ether oxygens (including phenoxy) is 2. The van der Waals surface area contributed by atoms with Crippen molar-refractivity contribution in [2.45, 2.75) is 13.0 Å². The van der Waals surface area contributed by atoms with Crippen LogP contribution in [0.15, 0.2) is 44.4 Å². The molecule has 148 valence electrons. The van der Waals surface area contributed by atoms with Gasteiger partial charge < -0.3 is 19.7 Å². The van der Waals surface area contributed by atoms with Crippen molar-refractivity contribution >= 4 is 50.0 Å². The van der Waals surface area contributed by atoms with E-state index in [-0.39, 0.29) is 17.1 Å². The van der Waals surface area contributed by atoms with Gasteiger partial charge in [-0.25, -0.2) is 10.2 Å². The Morgan fingerprint density at radius 2 is 1.89 bits per heavy atom. The van der Waals surface area contributed by atoms with Gasteiger partial charge in [-0.1, -0.05) is 6.07 Å². The highest BCUT2D eigenvalue weighted by Gasteiger charge is 2.18. The highest BCUT2D eigenvalue weighted by atomic mass is 79.9. The van der Waals surface area contributed by atoms with Crippen molar-refractivity contribution in [1.29, 1.82) is 0 Å². The van der Waals surface area contributed by atoms with Gasteiger partial charge in [0.05, 0.1) is 22.3 Å². The molecule has 2 rings (SSSR count). The number of hydrazone groups is 1. The molecule has 0 unspecified atom stereocenters. The minimum Gasteiger partial charge on any atom is -0.506 e. The van der Waals surface area contributed by atoms with Gasteiger partial charge in [0.1, 0.15) is 5.75 Å². The van der Waals surface area contributed by atoms with E-state index in [1.54, 1.807) is 18.2 Å². The van der Waals surface area contributed by atoms with E-state index < -0.39 is 18.0 Å². The second-order valence-corrected chi connectivity index (χ2v) is 7.17. The summed E-state index contributed by atoms with van der Waals surface area (Å²) in [5.74, 6) is -1.15. The summed E-state index contributed by atoms with van der Waals surface area (Å²) in [5.41, 5.74) is 3.03. The van der Waals surface area contributed by atoms with E-state index in [0.29, 0.717) is 20.3 Å². The van der Waals surface area contributed by atoms with Crippen molar-refractivity contribution in [3.05, 3.63) is 50.4 Å². The second kappa shape index (κ2) is 9.56. The van der Waals surface area contributed by atoms with Crippen LogP contribution >= 0.6 is 31.9 Å². The van der Waals surface area contributed by atoms with E-state index in [1.807, 2.05) is 0 Å². The molecule has 0 heterocycles. The third-order valence-electron chi connectivity index (χ3n) is 3.52. The van der Waals surface area contributed by atoms with Crippen LogP contribution in [0.5, 0.6) is 17.2 Å². The number of rotatable bonds is 7. The third kappa shape index (κ3) is 5.23. The fourth-order valence-corrected chi connectivity index (χ4v) is 3.26. The van der Waals surface area contributed by atoms with Crippen LogP contribution in [0, 0.1) is 0 Å². The number of aromatic hydroxyl groups is 1. The Balaban J connectivity index is 2.22. The molecule has 8 nitrogen and oxygen atoms in total. The molecule has 1 atom stereocenters. The summed E-state index contributed by atoms with van der Waals surface area (Å²) in [6.07, 6.45) is 0.208. The summed E-state index contributed by atoms with van der Waals surface area (Å²) in [7, 11) is 1.43. The lowest BCUT2D eigenvalue weighted by Crippen LogP contribution is -2.24. The molecule has 3 N–H and O–H groups in total. The van der Waals surface area contributed by atoms with Crippen LogP contribution in [0.4, 0.5) is 0 Å². The molecule has 10 heteroatoms. The number of amides is 1. The first-order valence-corrected chi connectivity index (χ1v) is 9.41. The lowest BCUT2D eigenvalue weighted by atomic mass is 10.2. The Labute approximate surface area is 177 Å². The van der Waals surface area contributed by atoms with Gasteiger partial charge in [-0.05, 0) is 63.0 Å². The summed E-state index contributed by atoms with van der Waals surface area (Å²) < 4.78 is 11.3. The zero-order valence-electron chi connectivity index (χ0n) is 14.8. The minimum absolute atomic E-state index is 0.0224. The Hall–Kier alpha value is -2.59. The normalized spacial score (nSPS) is 11.9. The lowest BCUT2D eigenvalue weighted by Gasteiger charge is -2.15. The molecular weight excluding hydrogens is 500 g/mol. The summed E-state index contributed by atoms with van der Waals surface area (Å²) in [6, 6.07) is 7.81. The van der Waals surface area contributed by atoms with Gasteiger partial charge in [-0.15, -0.1) is 0 Å². The summed E-state index contributed by atoms with van der Waals surface area (Å²) in [5, 5.41) is 22.6. The van der Waals surface area contributed by atoms with Crippen LogP contribution in [0.1, 0.15) is 22.8 Å². The van der Waals surface area contributed by atoms with E-state index in [0.717, 1.165) is 0 Å². The average Bonchev–Trinajstić information content (AvgIpc) is 2.66. The number of carboxylic acids is 1. The number of phenols is 1. The number of para-hydroxylation sites is 1. The van der Waals surface area contributed by atoms with Gasteiger partial charge >= 0.3 is 5.97 Å². The van der Waals surface area contributed by atoms with Crippen molar-refractivity contribution in [2.75, 3.05) is 7.11 Å². The minimum atomic E-state index is -1.13. The van der Waals surface area contributed by atoms with Gasteiger partial charge in [0.2, 0.25) is 0 Å². The zero-order chi connectivity index (χ0) is 20.8. The molecule has 0 aromatic heterocycles. The summed E-state index contributed by atoms with van der Waals surface area (Å²) in [4.78, 5) is 23.3. The number of methoxy groups -OCH3 is 1. The first kappa shape index (κ1) is 21.7. The number of halogens is 2. The number of carbonyl (C=O) groups excluding carboxylic acids is 1. The number of carbonyl (C=O) groups is 2. The quantitative estimate of drug-likeness (QED) is 0.383. The molecule has 28 heavy (non-hydrogen) atoms. The maximum absolute atomic E-state index is 12.2. The van der Waals surface area contributed by atoms with Crippen LogP contribution in [0.3, 0.4) is 0 Å². The highest BCUT2D eigenvalue weighted by molar-refractivity contribution is 9.11. The first-order valence-electron chi connectivity index (χ1n) is 7.82. The van der Waals surface area contributed by atoms with Crippen LogP contribution in [0.25, 0.3) is 0 Å². The summed E-state index contributed by atoms with van der Waals surface area (Å²) >= 11 is 6.31. The maximum atomic E-state index is 12.2. The lowest BCUT2D eigenvalue weighted by molar-refractivity contribution is -0.144. The van der Waals surface area contributed by atoms with Crippen LogP contribution in [-0.2, 0) is 4.79 Å². The highest BCUT2D eigenvalue weighted by Crippen LogP contribution is 2.33. The van der Waals surface area contributed by atoms with Gasteiger partial charge in [0.25, 0.3) is 5.91 Å². The van der Waals surface area contributed by atoms with E-state index >= 15 is 0 Å². The second-order valence-electron chi connectivity index (χ2n) is 5.46. The Bertz CT molecular complexity index is 909. The Morgan fingerprint density at radius 1 is 1.25 bits per heavy atom. The van der Waals surface area contributed by atoms with E-state index in [2.05, 4.69) is 42.4 Å². The fourth-order valence-electron chi connectivity index (χ4n) is 2.07. The SMILES string of the molecule is COc1cccc(/C=N\NC(=O)c2cc(Br)c(O)c(Br)c2)c1O[C@@H](C)C(=O)O. The maximum Gasteiger partial charge on any atom is 0.344 e. The fraction of sp³-hybridized carbons (Fsp3) is 0.167. The number of carboxylic acid groups (broad SMARTS) is 1. The standard InChI is InChI=1S/C18H16Br2N2O6/c1-9(18(25)26)28-16-10(4-3-5-14(16)27-2)8-21-22-17(24)11-6-12(19)15(23)13(20)7-11/h3-9,23H,1-2H3,(H,22,24)(H,25,26)/b21-8-/t9-/m0/s1. The molecule has 0 aliphatic rings. The topological polar surface area (TPSA) is 117 Å². The van der Waals surface area contributed by atoms with Crippen molar-refractivity contribution in [3.8, 4) is 17.2 Å². The molecule has 0 radical (unpaired) electrons. The van der Waals surface area contributed by atoms with Crippen LogP contribution in [0.2, 0.25) is 0 Å². The number of benzene rings is 2. The molecule has 0 saturated heterocycles. The van der Waals surface area contributed by atoms with E-state index in [9.17, 15) is 14.7 Å². The predicted molar refractivity (Wildman–Crippen MR) is 109 cm³/mol. The molecule has 0 spiro atoms. The summed E-state index contributed by atoms with van der Waals surface area (Å²) in [6.45, 7) is 1.39. The molecule has 0 fully saturated rings. The first-order chi connectivity index (χ1) is 13.2. The molecule has 2 aromatic rings. The number of phenolic OH excluding ortho intramolecular Hbond substituents is 1. The largest absolute Gasteiger partial charge is 0.506 e. The van der Waals surface area contributed by atoms with Crippen molar-refractivity contribution < 1.29 is 29.3 Å². The predicted octanol–water partition coefficient (Wildman–Crippen LogP) is 3.54. The smallest absolute Gasteiger partial charge is 0.344 e. The van der Waals surface area contributed by atoms with Gasteiger partial charge in [0, 0.05) is 11.1 Å². The Morgan fingerprint density at radius 3 is 2.46 bits per heavy atom. The van der Waals surface area contributed by atoms with Gasteiger partial charge in [-0.3, -0.25) is 4.79 Å². The zero-order valence-corrected chi connectivity index (χ0v) is 17.9. The van der Waals surface area contributed by atoms with E-state index in [1.165, 1.54) is 32.4 Å². The monoisotopic (exact) mass is 514 g/mol. The van der Waals surface area contributed by atoms with Crippen molar-refractivity contribution in [2.24, 2.45) is 5.10 Å². The van der Waals surface area contributed by atoms with Gasteiger partial charge in [-0.2, -0.15) is 5.10 Å². The number of nitrogens with one attached hydrogen (secondary N) is 1. The molecule has 0 bridgehead atoms. The van der Waals surface area contributed by atoms with E-state index in [4.69, 9.17) is 14.6 Å². The van der Waals surface area contributed by atoms with Crippen LogP contribution in [-0.4, -0.2) is 41.5 Å². The average molecular weight is 516 g/mol. The van der Waals surface area contributed by atoms with Crippen molar-refractivity contribution in [3.63, 3.8) is 0 Å². The molecule has 0 aliphatic carbocycles. The molecule has 0 saturated carbocycles. The number of hydrogen-bond acceptors (Lipinski definition) is 6. The van der Waals surface area contributed by atoms with Crippen molar-refractivity contribution in [1.82, 2.24) is 5.43 Å². The third-order valence-corrected chi connectivity index (χ3v) is 4.73. The molecule has 0 aliphatic heterocycles. The number of nitrogens with zero attached hydrogens (tertiary/aromatic N) is 1. The number of aliphatic carboxylic acids is 1. The molecular formula is C18H16Br2N2O6. The number of hydrogen-bond donors (Lipinski definition) is 3.